The van der Waals surface area contributed by atoms with E-state index >= 15 is 0 Å². The first-order chi connectivity index (χ1) is 14.8. The quantitative estimate of drug-likeness (QED) is 0.417. The van der Waals surface area contributed by atoms with Crippen LogP contribution in [0.5, 0.6) is 0 Å². The Kier molecular flexibility index (Phi) is 6.52. The highest BCUT2D eigenvalue weighted by Crippen LogP contribution is 2.25. The fraction of sp³-hybridized carbons (Fsp3) is 0.174. The molecule has 8 nitrogen and oxygen atoms in total. The van der Waals surface area contributed by atoms with Crippen LogP contribution in [0.2, 0.25) is 0 Å². The van der Waals surface area contributed by atoms with Crippen molar-refractivity contribution < 1.29 is 24.6 Å². The molecule has 0 aliphatic rings. The van der Waals surface area contributed by atoms with Crippen molar-refractivity contribution in [2.45, 2.75) is 26.0 Å². The monoisotopic (exact) mass is 421 g/mol. The Balaban J connectivity index is 1.93. The van der Waals surface area contributed by atoms with Crippen LogP contribution >= 0.6 is 0 Å². The maximum absolute atomic E-state index is 12.9. The van der Waals surface area contributed by atoms with E-state index in [0.717, 1.165) is 16.3 Å². The fourth-order valence-corrected chi connectivity index (χ4v) is 3.13. The van der Waals surface area contributed by atoms with Gasteiger partial charge >= 0.3 is 12.0 Å². The Morgan fingerprint density at radius 1 is 0.871 bits per heavy atom. The summed E-state index contributed by atoms with van der Waals surface area (Å²) in [6.45, 7) is 3.13. The van der Waals surface area contributed by atoms with E-state index in [1.165, 1.54) is 6.92 Å². The number of carboxylic acids is 1. The van der Waals surface area contributed by atoms with Gasteiger partial charge in [0, 0.05) is 5.69 Å². The summed E-state index contributed by atoms with van der Waals surface area (Å²) >= 11 is 0. The van der Waals surface area contributed by atoms with E-state index in [1.807, 2.05) is 31.2 Å². The van der Waals surface area contributed by atoms with Crippen LogP contribution in [-0.2, 0) is 4.79 Å². The molecule has 0 heterocycles. The van der Waals surface area contributed by atoms with Gasteiger partial charge in [-0.25, -0.2) is 9.59 Å². The minimum Gasteiger partial charge on any atom is -0.480 e. The second kappa shape index (κ2) is 9.27. The van der Waals surface area contributed by atoms with Gasteiger partial charge in [-0.2, -0.15) is 0 Å². The van der Waals surface area contributed by atoms with E-state index in [4.69, 9.17) is 0 Å². The molecule has 3 amide bonds. The molecule has 0 fully saturated rings. The zero-order chi connectivity index (χ0) is 22.5. The van der Waals surface area contributed by atoms with Gasteiger partial charge in [-0.05, 0) is 48.4 Å². The first kappa shape index (κ1) is 21.8. The summed E-state index contributed by atoms with van der Waals surface area (Å²) in [7, 11) is 0. The summed E-state index contributed by atoms with van der Waals surface area (Å²) in [6, 6.07) is 15.7. The molecule has 3 rings (SSSR count). The first-order valence-electron chi connectivity index (χ1n) is 9.64. The van der Waals surface area contributed by atoms with Crippen LogP contribution in [-0.4, -0.2) is 40.3 Å². The predicted molar refractivity (Wildman–Crippen MR) is 118 cm³/mol. The second-order valence-electron chi connectivity index (χ2n) is 7.17. The maximum Gasteiger partial charge on any atom is 0.328 e. The van der Waals surface area contributed by atoms with E-state index in [-0.39, 0.29) is 11.3 Å². The average Bonchev–Trinajstić information content (AvgIpc) is 2.72. The molecule has 0 aromatic heterocycles. The van der Waals surface area contributed by atoms with Crippen molar-refractivity contribution in [3.8, 4) is 0 Å². The molecule has 0 saturated heterocycles. The summed E-state index contributed by atoms with van der Waals surface area (Å²) in [4.78, 5) is 36.8. The zero-order valence-electron chi connectivity index (χ0n) is 17.0. The summed E-state index contributed by atoms with van der Waals surface area (Å²) in [5.41, 5.74) is 1.77. The third-order valence-corrected chi connectivity index (χ3v) is 4.81. The first-order valence-corrected chi connectivity index (χ1v) is 9.64. The maximum atomic E-state index is 12.9. The van der Waals surface area contributed by atoms with Crippen LogP contribution in [0.1, 0.15) is 22.8 Å². The van der Waals surface area contributed by atoms with E-state index in [2.05, 4.69) is 16.0 Å². The summed E-state index contributed by atoms with van der Waals surface area (Å²) in [5, 5.41) is 28.2. The summed E-state index contributed by atoms with van der Waals surface area (Å²) in [6.07, 6.45) is -1.30. The van der Waals surface area contributed by atoms with Crippen LogP contribution in [0.3, 0.4) is 0 Å². The molecule has 0 saturated carbocycles. The average molecular weight is 421 g/mol. The number of aliphatic hydroxyl groups is 1. The fourth-order valence-electron chi connectivity index (χ4n) is 3.13. The van der Waals surface area contributed by atoms with Crippen molar-refractivity contribution in [1.29, 1.82) is 0 Å². The lowest BCUT2D eigenvalue weighted by Crippen LogP contribution is -2.47. The van der Waals surface area contributed by atoms with Crippen molar-refractivity contribution in [3.63, 3.8) is 0 Å². The minimum absolute atomic E-state index is 0.0746. The Morgan fingerprint density at radius 3 is 2.06 bits per heavy atom. The predicted octanol–water partition coefficient (Wildman–Crippen LogP) is 3.36. The topological polar surface area (TPSA) is 128 Å². The van der Waals surface area contributed by atoms with Gasteiger partial charge in [0.15, 0.2) is 6.04 Å². The van der Waals surface area contributed by atoms with E-state index in [1.54, 1.807) is 36.4 Å². The number of rotatable bonds is 6. The number of para-hydroxylation sites is 1. The van der Waals surface area contributed by atoms with E-state index in [9.17, 15) is 24.6 Å². The van der Waals surface area contributed by atoms with Crippen LogP contribution in [0.25, 0.3) is 10.8 Å². The number of carbonyl (C=O) groups is 3. The molecule has 3 aromatic carbocycles. The van der Waals surface area contributed by atoms with Gasteiger partial charge in [-0.3, -0.25) is 4.79 Å². The molecule has 0 aliphatic carbocycles. The molecular formula is C23H23N3O5. The lowest BCUT2D eigenvalue weighted by Gasteiger charge is -2.19. The van der Waals surface area contributed by atoms with Gasteiger partial charge in [-0.1, -0.05) is 42.5 Å². The SMILES string of the molecule is Cc1ccccc1NC(=O)Nc1cc2ccccc2cc1C(=O)N[C@H](C(=O)O)C(C)O. The number of aryl methyl sites for hydroxylation is 1. The largest absolute Gasteiger partial charge is 0.480 e. The molecule has 5 N–H and O–H groups in total. The van der Waals surface area contributed by atoms with Gasteiger partial charge in [0.05, 0.1) is 17.4 Å². The number of hydrogen-bond donors (Lipinski definition) is 5. The molecule has 0 radical (unpaired) electrons. The molecular weight excluding hydrogens is 398 g/mol. The molecule has 3 aromatic rings. The Labute approximate surface area is 178 Å². The van der Waals surface area contributed by atoms with Gasteiger partial charge in [0.1, 0.15) is 0 Å². The normalized spacial score (nSPS) is 12.6. The third kappa shape index (κ3) is 5.18. The van der Waals surface area contributed by atoms with E-state index < -0.39 is 30.1 Å². The molecule has 1 unspecified atom stereocenters. The summed E-state index contributed by atoms with van der Waals surface area (Å²) < 4.78 is 0. The molecule has 2 atom stereocenters. The van der Waals surface area contributed by atoms with Crippen molar-refractivity contribution in [1.82, 2.24) is 5.32 Å². The number of nitrogens with one attached hydrogen (secondary N) is 3. The number of aliphatic carboxylic acids is 1. The number of aliphatic hydroxyl groups excluding tert-OH is 1. The van der Waals surface area contributed by atoms with Crippen LogP contribution in [0.15, 0.2) is 60.7 Å². The smallest absolute Gasteiger partial charge is 0.328 e. The highest BCUT2D eigenvalue weighted by atomic mass is 16.4. The van der Waals surface area contributed by atoms with E-state index in [0.29, 0.717) is 5.69 Å². The highest BCUT2D eigenvalue weighted by Gasteiger charge is 2.27. The number of carboxylic acid groups (broad SMARTS) is 1. The second-order valence-corrected chi connectivity index (χ2v) is 7.17. The lowest BCUT2D eigenvalue weighted by atomic mass is 10.0. The molecule has 160 valence electrons. The van der Waals surface area contributed by atoms with Crippen molar-refractivity contribution in [2.75, 3.05) is 10.6 Å². The van der Waals surface area contributed by atoms with Gasteiger partial charge in [0.2, 0.25) is 0 Å². The Morgan fingerprint density at radius 2 is 1.45 bits per heavy atom. The number of anilines is 2. The zero-order valence-corrected chi connectivity index (χ0v) is 17.0. The summed E-state index contributed by atoms with van der Waals surface area (Å²) in [5.74, 6) is -2.10. The lowest BCUT2D eigenvalue weighted by molar-refractivity contribution is -0.141. The standard InChI is InChI=1S/C23H23N3O5/c1-13-7-3-6-10-18(13)24-23(31)25-19-12-16-9-5-4-8-15(16)11-17(19)21(28)26-20(14(2)27)22(29)30/h3-12,14,20,27H,1-2H3,(H,26,28)(H,29,30)(H2,24,25,31)/t14?,20-/m0/s1. The van der Waals surface area contributed by atoms with Crippen molar-refractivity contribution in [2.24, 2.45) is 0 Å². The third-order valence-electron chi connectivity index (χ3n) is 4.81. The number of carbonyl (C=O) groups excluding carboxylic acids is 2. The number of amides is 3. The minimum atomic E-state index is -1.49. The molecule has 8 heteroatoms. The Hall–Kier alpha value is -3.91. The number of urea groups is 1. The number of fused-ring (bicyclic) bond motifs is 1. The highest BCUT2D eigenvalue weighted by molar-refractivity contribution is 6.10. The Bertz CT molecular complexity index is 1140. The molecule has 31 heavy (non-hydrogen) atoms. The van der Waals surface area contributed by atoms with Gasteiger partial charge < -0.3 is 26.2 Å². The van der Waals surface area contributed by atoms with Gasteiger partial charge in [-0.15, -0.1) is 0 Å². The molecule has 0 aliphatic heterocycles. The molecule has 0 spiro atoms. The number of benzene rings is 3. The van der Waals surface area contributed by atoms with Crippen molar-refractivity contribution in [3.05, 3.63) is 71.8 Å². The van der Waals surface area contributed by atoms with Crippen LogP contribution in [0, 0.1) is 6.92 Å². The van der Waals surface area contributed by atoms with Crippen LogP contribution < -0.4 is 16.0 Å². The number of hydrogen-bond acceptors (Lipinski definition) is 4. The molecule has 0 bridgehead atoms. The van der Waals surface area contributed by atoms with Crippen molar-refractivity contribution >= 4 is 40.1 Å². The van der Waals surface area contributed by atoms with Crippen LogP contribution in [0.4, 0.5) is 16.2 Å². The van der Waals surface area contributed by atoms with Gasteiger partial charge in [0.25, 0.3) is 5.91 Å².